The van der Waals surface area contributed by atoms with Crippen molar-refractivity contribution in [2.24, 2.45) is 5.73 Å². The molecular formula is C11H14F3NO. The molecule has 1 aromatic carbocycles. The first-order chi connectivity index (χ1) is 7.36. The quantitative estimate of drug-likeness (QED) is 0.842. The molecule has 16 heavy (non-hydrogen) atoms. The average Bonchev–Trinajstić information content (AvgIpc) is 2.26. The second-order valence-corrected chi connectivity index (χ2v) is 3.62. The summed E-state index contributed by atoms with van der Waals surface area (Å²) in [5, 5.41) is 9.46. The molecular weight excluding hydrogens is 219 g/mol. The van der Waals surface area contributed by atoms with Gasteiger partial charge in [-0.1, -0.05) is 19.1 Å². The maximum atomic E-state index is 12.3. The molecule has 0 saturated carbocycles. The molecule has 0 amide bonds. The van der Waals surface area contributed by atoms with Crippen molar-refractivity contribution in [3.05, 3.63) is 35.4 Å². The molecule has 0 spiro atoms. The van der Waals surface area contributed by atoms with Gasteiger partial charge >= 0.3 is 6.18 Å². The second-order valence-electron chi connectivity index (χ2n) is 3.62. The van der Waals surface area contributed by atoms with Gasteiger partial charge in [0, 0.05) is 0 Å². The number of hydrogen-bond acceptors (Lipinski definition) is 2. The van der Waals surface area contributed by atoms with Crippen molar-refractivity contribution in [2.45, 2.75) is 31.7 Å². The maximum Gasteiger partial charge on any atom is 0.416 e. The molecule has 0 aliphatic carbocycles. The van der Waals surface area contributed by atoms with Gasteiger partial charge in [0.2, 0.25) is 0 Å². The minimum Gasteiger partial charge on any atom is -0.391 e. The van der Waals surface area contributed by atoms with Gasteiger partial charge in [-0.3, -0.25) is 0 Å². The predicted octanol–water partition coefficient (Wildman–Crippen LogP) is 2.48. The van der Waals surface area contributed by atoms with Crippen LogP contribution in [-0.4, -0.2) is 11.2 Å². The Kier molecular flexibility index (Phi) is 3.93. The second kappa shape index (κ2) is 4.84. The fourth-order valence-corrected chi connectivity index (χ4v) is 1.37. The summed E-state index contributed by atoms with van der Waals surface area (Å²) in [6.07, 6.45) is -4.62. The Labute approximate surface area is 91.9 Å². The molecule has 0 saturated heterocycles. The van der Waals surface area contributed by atoms with Crippen molar-refractivity contribution < 1.29 is 18.3 Å². The summed E-state index contributed by atoms with van der Waals surface area (Å²) in [4.78, 5) is 0. The Bertz CT molecular complexity index is 334. The Balaban J connectivity index is 2.87. The van der Waals surface area contributed by atoms with Crippen molar-refractivity contribution in [1.82, 2.24) is 0 Å². The number of rotatable bonds is 3. The summed E-state index contributed by atoms with van der Waals surface area (Å²) < 4.78 is 36.8. The number of aliphatic hydroxyl groups is 1. The third kappa shape index (κ3) is 2.96. The molecule has 0 unspecified atom stereocenters. The van der Waals surface area contributed by atoms with Gasteiger partial charge in [0.05, 0.1) is 17.7 Å². The summed E-state index contributed by atoms with van der Waals surface area (Å²) in [5.41, 5.74) is 5.47. The SMILES string of the molecule is CC[C@H](O)[C@H](N)c1ccc(C(F)(F)F)cc1. The molecule has 0 fully saturated rings. The van der Waals surface area contributed by atoms with Gasteiger partial charge in [0.25, 0.3) is 0 Å². The Morgan fingerprint density at radius 3 is 2.12 bits per heavy atom. The average molecular weight is 233 g/mol. The first-order valence-electron chi connectivity index (χ1n) is 4.97. The summed E-state index contributed by atoms with van der Waals surface area (Å²) in [6.45, 7) is 1.76. The van der Waals surface area contributed by atoms with Crippen LogP contribution in [0, 0.1) is 0 Å². The van der Waals surface area contributed by atoms with Crippen LogP contribution in [0.4, 0.5) is 13.2 Å². The van der Waals surface area contributed by atoms with Crippen LogP contribution in [0.3, 0.4) is 0 Å². The van der Waals surface area contributed by atoms with Crippen LogP contribution in [-0.2, 0) is 6.18 Å². The third-order valence-electron chi connectivity index (χ3n) is 2.46. The van der Waals surface area contributed by atoms with E-state index in [1.54, 1.807) is 6.92 Å². The number of hydrogen-bond donors (Lipinski definition) is 2. The highest BCUT2D eigenvalue weighted by Gasteiger charge is 2.30. The van der Waals surface area contributed by atoms with E-state index in [1.165, 1.54) is 12.1 Å². The normalized spacial score (nSPS) is 15.9. The monoisotopic (exact) mass is 233 g/mol. The van der Waals surface area contributed by atoms with Gasteiger partial charge in [-0.15, -0.1) is 0 Å². The lowest BCUT2D eigenvalue weighted by atomic mass is 9.99. The van der Waals surface area contributed by atoms with Crippen LogP contribution in [0.25, 0.3) is 0 Å². The third-order valence-corrected chi connectivity index (χ3v) is 2.46. The van der Waals surface area contributed by atoms with Crippen molar-refractivity contribution in [1.29, 1.82) is 0 Å². The van der Waals surface area contributed by atoms with Crippen LogP contribution in [0.2, 0.25) is 0 Å². The number of benzene rings is 1. The Morgan fingerprint density at radius 1 is 1.25 bits per heavy atom. The van der Waals surface area contributed by atoms with E-state index >= 15 is 0 Å². The zero-order valence-electron chi connectivity index (χ0n) is 8.83. The van der Waals surface area contributed by atoms with Crippen molar-refractivity contribution in [3.63, 3.8) is 0 Å². The van der Waals surface area contributed by atoms with E-state index in [2.05, 4.69) is 0 Å². The molecule has 0 aliphatic rings. The van der Waals surface area contributed by atoms with E-state index in [9.17, 15) is 18.3 Å². The van der Waals surface area contributed by atoms with E-state index in [0.717, 1.165) is 12.1 Å². The zero-order valence-corrected chi connectivity index (χ0v) is 8.83. The molecule has 0 aromatic heterocycles. The fourth-order valence-electron chi connectivity index (χ4n) is 1.37. The fraction of sp³-hybridized carbons (Fsp3) is 0.455. The van der Waals surface area contributed by atoms with Gasteiger partial charge < -0.3 is 10.8 Å². The minimum atomic E-state index is -4.34. The largest absolute Gasteiger partial charge is 0.416 e. The number of aliphatic hydroxyl groups excluding tert-OH is 1. The van der Waals surface area contributed by atoms with E-state index in [4.69, 9.17) is 5.73 Å². The van der Waals surface area contributed by atoms with E-state index in [1.807, 2.05) is 0 Å². The Morgan fingerprint density at radius 2 is 1.75 bits per heavy atom. The molecule has 90 valence electrons. The highest BCUT2D eigenvalue weighted by Crippen LogP contribution is 2.30. The van der Waals surface area contributed by atoms with Crippen molar-refractivity contribution in [3.8, 4) is 0 Å². The van der Waals surface area contributed by atoms with Gasteiger partial charge in [-0.05, 0) is 24.1 Å². The van der Waals surface area contributed by atoms with Crippen LogP contribution in [0.1, 0.15) is 30.5 Å². The summed E-state index contributed by atoms with van der Waals surface area (Å²) in [7, 11) is 0. The molecule has 0 aliphatic heterocycles. The number of alkyl halides is 3. The topological polar surface area (TPSA) is 46.2 Å². The van der Waals surface area contributed by atoms with Gasteiger partial charge in [0.1, 0.15) is 0 Å². The highest BCUT2D eigenvalue weighted by atomic mass is 19.4. The van der Waals surface area contributed by atoms with Crippen LogP contribution in [0.5, 0.6) is 0 Å². The van der Waals surface area contributed by atoms with Crippen LogP contribution >= 0.6 is 0 Å². The lowest BCUT2D eigenvalue weighted by Crippen LogP contribution is -2.25. The number of halogens is 3. The van der Waals surface area contributed by atoms with Crippen LogP contribution < -0.4 is 5.73 Å². The van der Waals surface area contributed by atoms with Crippen molar-refractivity contribution >= 4 is 0 Å². The molecule has 5 heteroatoms. The van der Waals surface area contributed by atoms with Crippen molar-refractivity contribution in [2.75, 3.05) is 0 Å². The standard InChI is InChI=1S/C11H14F3NO/c1-2-9(16)10(15)7-3-5-8(6-4-7)11(12,13)14/h3-6,9-10,16H,2,15H2,1H3/t9-,10+/m0/s1. The smallest absolute Gasteiger partial charge is 0.391 e. The van der Waals surface area contributed by atoms with Gasteiger partial charge in [-0.25, -0.2) is 0 Å². The zero-order chi connectivity index (χ0) is 12.3. The molecule has 2 nitrogen and oxygen atoms in total. The molecule has 1 rings (SSSR count). The molecule has 2 atom stereocenters. The summed E-state index contributed by atoms with van der Waals surface area (Å²) in [6, 6.07) is 3.89. The van der Waals surface area contributed by atoms with Crippen LogP contribution in [0.15, 0.2) is 24.3 Å². The lowest BCUT2D eigenvalue weighted by Gasteiger charge is -2.18. The molecule has 0 bridgehead atoms. The van der Waals surface area contributed by atoms with Gasteiger partial charge in [0.15, 0.2) is 0 Å². The molecule has 0 radical (unpaired) electrons. The molecule has 0 heterocycles. The maximum absolute atomic E-state index is 12.3. The van der Waals surface area contributed by atoms with E-state index < -0.39 is 23.9 Å². The molecule has 3 N–H and O–H groups in total. The van der Waals surface area contributed by atoms with E-state index in [-0.39, 0.29) is 0 Å². The Hall–Kier alpha value is -1.07. The molecule has 1 aromatic rings. The first kappa shape index (κ1) is 13.0. The summed E-state index contributed by atoms with van der Waals surface area (Å²) in [5.74, 6) is 0. The lowest BCUT2D eigenvalue weighted by molar-refractivity contribution is -0.137. The summed E-state index contributed by atoms with van der Waals surface area (Å²) >= 11 is 0. The van der Waals surface area contributed by atoms with E-state index in [0.29, 0.717) is 12.0 Å². The minimum absolute atomic E-state index is 0.461. The highest BCUT2D eigenvalue weighted by molar-refractivity contribution is 5.27. The first-order valence-corrected chi connectivity index (χ1v) is 4.97. The number of nitrogens with two attached hydrogens (primary N) is 1. The predicted molar refractivity (Wildman–Crippen MR) is 54.7 cm³/mol. The van der Waals surface area contributed by atoms with Gasteiger partial charge in [-0.2, -0.15) is 13.2 Å².